The monoisotopic (exact) mass is 411 g/mol. The van der Waals surface area contributed by atoms with E-state index in [1.807, 2.05) is 30.3 Å². The summed E-state index contributed by atoms with van der Waals surface area (Å²) in [5.74, 6) is 0.396. The first-order chi connectivity index (χ1) is 14.6. The van der Waals surface area contributed by atoms with Crippen LogP contribution in [0.4, 0.5) is 0 Å². The summed E-state index contributed by atoms with van der Waals surface area (Å²) >= 11 is 0. The molecule has 0 unspecified atom stereocenters. The fourth-order valence-electron chi connectivity index (χ4n) is 3.21. The Hall–Kier alpha value is -2.90. The van der Waals surface area contributed by atoms with E-state index in [0.29, 0.717) is 18.7 Å². The third kappa shape index (κ3) is 6.86. The molecular weight excluding hydrogens is 382 g/mol. The molecule has 30 heavy (non-hydrogen) atoms. The molecule has 0 atom stereocenters. The highest BCUT2D eigenvalue weighted by Gasteiger charge is 2.14. The Bertz CT molecular complexity index is 822. The van der Waals surface area contributed by atoms with Crippen LogP contribution in [0.1, 0.15) is 15.9 Å². The number of nitrogens with zero attached hydrogens (tertiary/aromatic N) is 2. The molecule has 7 heteroatoms. The molecule has 0 radical (unpaired) electrons. The van der Waals surface area contributed by atoms with Gasteiger partial charge in [0.15, 0.2) is 0 Å². The van der Waals surface area contributed by atoms with Gasteiger partial charge in [-0.05, 0) is 29.8 Å². The normalized spacial score (nSPS) is 14.2. The highest BCUT2D eigenvalue weighted by molar-refractivity contribution is 5.96. The van der Waals surface area contributed by atoms with E-state index in [1.165, 1.54) is 4.90 Å². The molecule has 0 spiro atoms. The largest absolute Gasteiger partial charge is 0.492 e. The van der Waals surface area contributed by atoms with E-state index in [9.17, 15) is 9.59 Å². The van der Waals surface area contributed by atoms with Crippen LogP contribution in [0.15, 0.2) is 54.6 Å². The van der Waals surface area contributed by atoms with Gasteiger partial charge in [0.2, 0.25) is 5.91 Å². The summed E-state index contributed by atoms with van der Waals surface area (Å²) in [6.07, 6.45) is 0. The lowest BCUT2D eigenvalue weighted by Gasteiger charge is -2.26. The predicted molar refractivity (Wildman–Crippen MR) is 114 cm³/mol. The zero-order valence-electron chi connectivity index (χ0n) is 17.4. The number of rotatable bonds is 9. The van der Waals surface area contributed by atoms with Crippen molar-refractivity contribution in [1.82, 2.24) is 15.1 Å². The van der Waals surface area contributed by atoms with Gasteiger partial charge < -0.3 is 19.7 Å². The van der Waals surface area contributed by atoms with E-state index in [-0.39, 0.29) is 18.4 Å². The maximum atomic E-state index is 12.3. The Morgan fingerprint density at radius 1 is 1.10 bits per heavy atom. The minimum Gasteiger partial charge on any atom is -0.492 e. The van der Waals surface area contributed by atoms with Gasteiger partial charge >= 0.3 is 0 Å². The molecular formula is C23H29N3O4. The lowest BCUT2D eigenvalue weighted by atomic mass is 10.2. The highest BCUT2D eigenvalue weighted by Crippen LogP contribution is 2.13. The fraction of sp³-hybridized carbons (Fsp3) is 0.391. The van der Waals surface area contributed by atoms with E-state index in [4.69, 9.17) is 9.47 Å². The Balaban J connectivity index is 1.41. The lowest BCUT2D eigenvalue weighted by molar-refractivity contribution is -0.121. The molecule has 1 fully saturated rings. The van der Waals surface area contributed by atoms with Crippen LogP contribution in [0.2, 0.25) is 0 Å². The number of ether oxygens (including phenoxy) is 2. The molecule has 0 aromatic heterocycles. The zero-order valence-corrected chi connectivity index (χ0v) is 17.4. The third-order valence-corrected chi connectivity index (χ3v) is 4.92. The second kappa shape index (κ2) is 11.3. The summed E-state index contributed by atoms with van der Waals surface area (Å²) in [4.78, 5) is 28.3. The molecule has 1 N–H and O–H groups in total. The highest BCUT2D eigenvalue weighted by atomic mass is 16.5. The van der Waals surface area contributed by atoms with Crippen LogP contribution in [0, 0.1) is 0 Å². The minimum atomic E-state index is -0.208. The average Bonchev–Trinajstić information content (AvgIpc) is 2.79. The van der Waals surface area contributed by atoms with E-state index in [0.717, 1.165) is 44.2 Å². The third-order valence-electron chi connectivity index (χ3n) is 4.92. The van der Waals surface area contributed by atoms with Crippen molar-refractivity contribution >= 4 is 11.8 Å². The summed E-state index contributed by atoms with van der Waals surface area (Å²) in [7, 11) is 1.62. The van der Waals surface area contributed by atoms with Crippen molar-refractivity contribution in [2.45, 2.75) is 6.54 Å². The second-order valence-corrected chi connectivity index (χ2v) is 7.25. The predicted octanol–water partition coefficient (Wildman–Crippen LogP) is 1.79. The number of hydrogen-bond donors (Lipinski definition) is 1. The van der Waals surface area contributed by atoms with Crippen LogP contribution in [-0.2, 0) is 16.1 Å². The number of likely N-dealkylation sites (N-methyl/N-ethyl adjacent to an activating group) is 1. The van der Waals surface area contributed by atoms with Crippen LogP contribution >= 0.6 is 0 Å². The molecule has 0 bridgehead atoms. The van der Waals surface area contributed by atoms with Crippen LogP contribution in [0.25, 0.3) is 0 Å². The van der Waals surface area contributed by atoms with Crippen molar-refractivity contribution < 1.29 is 19.1 Å². The molecule has 7 nitrogen and oxygen atoms in total. The van der Waals surface area contributed by atoms with Gasteiger partial charge in [-0.3, -0.25) is 14.5 Å². The van der Waals surface area contributed by atoms with Crippen molar-refractivity contribution in [3.8, 4) is 5.75 Å². The average molecular weight is 412 g/mol. The molecule has 0 saturated carbocycles. The first-order valence-electron chi connectivity index (χ1n) is 10.2. The van der Waals surface area contributed by atoms with Gasteiger partial charge in [0.05, 0.1) is 19.8 Å². The van der Waals surface area contributed by atoms with Crippen molar-refractivity contribution in [3.05, 3.63) is 65.7 Å². The molecule has 2 aromatic rings. The van der Waals surface area contributed by atoms with Crippen LogP contribution in [0.5, 0.6) is 5.75 Å². The molecule has 2 amide bonds. The minimum absolute atomic E-state index is 0.00344. The van der Waals surface area contributed by atoms with Gasteiger partial charge in [-0.25, -0.2) is 0 Å². The maximum absolute atomic E-state index is 12.3. The van der Waals surface area contributed by atoms with Gasteiger partial charge in [0.1, 0.15) is 12.4 Å². The van der Waals surface area contributed by atoms with Gasteiger partial charge in [-0.2, -0.15) is 0 Å². The van der Waals surface area contributed by atoms with Gasteiger partial charge in [0, 0.05) is 38.8 Å². The molecule has 2 aromatic carbocycles. The summed E-state index contributed by atoms with van der Waals surface area (Å²) < 4.78 is 11.2. The number of carbonyl (C=O) groups excluding carboxylic acids is 2. The first kappa shape index (κ1) is 21.8. The summed E-state index contributed by atoms with van der Waals surface area (Å²) in [6.45, 7) is 5.31. The SMILES string of the molecule is CN(CC(=O)NCc1cccc(OCCN2CCOCC2)c1)C(=O)c1ccccc1. The van der Waals surface area contributed by atoms with E-state index < -0.39 is 0 Å². The Morgan fingerprint density at radius 3 is 2.63 bits per heavy atom. The van der Waals surface area contributed by atoms with Gasteiger partial charge in [-0.1, -0.05) is 30.3 Å². The summed E-state index contributed by atoms with van der Waals surface area (Å²) in [5, 5.41) is 2.86. The molecule has 160 valence electrons. The van der Waals surface area contributed by atoms with Crippen molar-refractivity contribution in [2.24, 2.45) is 0 Å². The van der Waals surface area contributed by atoms with Gasteiger partial charge in [-0.15, -0.1) is 0 Å². The molecule has 1 aliphatic heterocycles. The number of amides is 2. The van der Waals surface area contributed by atoms with E-state index in [1.54, 1.807) is 31.3 Å². The number of hydrogen-bond acceptors (Lipinski definition) is 5. The number of benzene rings is 2. The van der Waals surface area contributed by atoms with Crippen molar-refractivity contribution in [2.75, 3.05) is 53.0 Å². The summed E-state index contributed by atoms with van der Waals surface area (Å²) in [5.41, 5.74) is 1.51. The topological polar surface area (TPSA) is 71.1 Å². The first-order valence-corrected chi connectivity index (χ1v) is 10.2. The van der Waals surface area contributed by atoms with Crippen LogP contribution in [-0.4, -0.2) is 74.7 Å². The van der Waals surface area contributed by atoms with Crippen LogP contribution in [0.3, 0.4) is 0 Å². The summed E-state index contributed by atoms with van der Waals surface area (Å²) in [6, 6.07) is 16.6. The Kier molecular flexibility index (Phi) is 8.23. The standard InChI is InChI=1S/C23H29N3O4/c1-25(23(28)20-7-3-2-4-8-20)18-22(27)24-17-19-6-5-9-21(16-19)30-15-12-26-10-13-29-14-11-26/h2-9,16H,10-15,17-18H2,1H3,(H,24,27). The smallest absolute Gasteiger partial charge is 0.254 e. The molecule has 1 saturated heterocycles. The fourth-order valence-corrected chi connectivity index (χ4v) is 3.21. The lowest BCUT2D eigenvalue weighted by Crippen LogP contribution is -2.38. The second-order valence-electron chi connectivity index (χ2n) is 7.25. The zero-order chi connectivity index (χ0) is 21.2. The molecule has 3 rings (SSSR count). The molecule has 1 aliphatic rings. The molecule has 1 heterocycles. The number of carbonyl (C=O) groups is 2. The number of morpholine rings is 1. The van der Waals surface area contributed by atoms with E-state index >= 15 is 0 Å². The van der Waals surface area contributed by atoms with Gasteiger partial charge in [0.25, 0.3) is 5.91 Å². The van der Waals surface area contributed by atoms with Crippen molar-refractivity contribution in [3.63, 3.8) is 0 Å². The van der Waals surface area contributed by atoms with Crippen LogP contribution < -0.4 is 10.1 Å². The number of nitrogens with one attached hydrogen (secondary N) is 1. The van der Waals surface area contributed by atoms with Crippen molar-refractivity contribution in [1.29, 1.82) is 0 Å². The molecule has 0 aliphatic carbocycles. The Labute approximate surface area is 177 Å². The van der Waals surface area contributed by atoms with E-state index in [2.05, 4.69) is 10.2 Å². The Morgan fingerprint density at radius 2 is 1.87 bits per heavy atom. The maximum Gasteiger partial charge on any atom is 0.254 e. The quantitative estimate of drug-likeness (QED) is 0.681.